The number of nitrogens with one attached hydrogen (secondary N) is 2. The van der Waals surface area contributed by atoms with Crippen LogP contribution in [0.1, 0.15) is 29.8 Å². The van der Waals surface area contributed by atoms with E-state index < -0.39 is 30.1 Å². The summed E-state index contributed by atoms with van der Waals surface area (Å²) in [6.07, 6.45) is 5.26. The van der Waals surface area contributed by atoms with Gasteiger partial charge in [-0.05, 0) is 55.9 Å². The molecule has 3 heterocycles. The number of carbonyl (C=O) groups is 4. The van der Waals surface area contributed by atoms with Crippen molar-refractivity contribution in [3.63, 3.8) is 0 Å². The number of thioether (sulfide) groups is 1. The van der Waals surface area contributed by atoms with E-state index in [4.69, 9.17) is 5.73 Å². The van der Waals surface area contributed by atoms with Crippen molar-refractivity contribution in [3.8, 4) is 0 Å². The number of hydrogen-bond acceptors (Lipinski definition) is 5. The predicted molar refractivity (Wildman–Crippen MR) is 133 cm³/mol. The van der Waals surface area contributed by atoms with Crippen LogP contribution in [0.4, 0.5) is 10.5 Å². The van der Waals surface area contributed by atoms with Crippen molar-refractivity contribution >= 4 is 41.2 Å². The summed E-state index contributed by atoms with van der Waals surface area (Å²) >= 11 is 1.56. The lowest BCUT2D eigenvalue weighted by Crippen LogP contribution is -2.58. The fourth-order valence-electron chi connectivity index (χ4n) is 4.84. The molecule has 3 atom stereocenters. The molecule has 0 spiro atoms. The highest BCUT2D eigenvalue weighted by molar-refractivity contribution is 7.98. The molecular formula is C24H30N6O4S. The lowest BCUT2D eigenvalue weighted by Gasteiger charge is -2.33. The Balaban J connectivity index is 1.57. The number of likely N-dealkylation sites (tertiary alicyclic amines) is 2. The molecule has 5 amide bonds. The third-order valence-electron chi connectivity index (χ3n) is 6.58. The Bertz CT molecular complexity index is 1130. The quantitative estimate of drug-likeness (QED) is 0.521. The van der Waals surface area contributed by atoms with Crippen LogP contribution in [-0.2, 0) is 16.6 Å². The summed E-state index contributed by atoms with van der Waals surface area (Å²) in [6.45, 7) is 0.678. The monoisotopic (exact) mass is 498 g/mol. The highest BCUT2D eigenvalue weighted by atomic mass is 32.2. The smallest absolute Gasteiger partial charge is 0.319 e. The average molecular weight is 499 g/mol. The number of urea groups is 1. The summed E-state index contributed by atoms with van der Waals surface area (Å²) in [5.74, 6) is -1.24. The predicted octanol–water partition coefficient (Wildman–Crippen LogP) is 1.63. The lowest BCUT2D eigenvalue weighted by atomic mass is 10.1. The maximum atomic E-state index is 13.7. The Morgan fingerprint density at radius 2 is 1.86 bits per heavy atom. The molecular weight excluding hydrogens is 468 g/mol. The molecule has 4 N–H and O–H groups in total. The van der Waals surface area contributed by atoms with Crippen molar-refractivity contribution in [1.82, 2.24) is 19.7 Å². The number of benzene rings is 1. The Morgan fingerprint density at radius 1 is 1.06 bits per heavy atom. The molecule has 2 fully saturated rings. The van der Waals surface area contributed by atoms with Crippen molar-refractivity contribution < 1.29 is 19.2 Å². The minimum atomic E-state index is -0.944. The molecule has 0 bridgehead atoms. The Kier molecular flexibility index (Phi) is 7.34. The first-order valence-electron chi connectivity index (χ1n) is 11.5. The number of carbonyl (C=O) groups excluding carboxylic acids is 4. The van der Waals surface area contributed by atoms with E-state index in [9.17, 15) is 19.2 Å². The van der Waals surface area contributed by atoms with Crippen LogP contribution in [0.5, 0.6) is 0 Å². The summed E-state index contributed by atoms with van der Waals surface area (Å²) in [6, 6.07) is 8.14. The Labute approximate surface area is 208 Å². The lowest BCUT2D eigenvalue weighted by molar-refractivity contribution is -0.140. The summed E-state index contributed by atoms with van der Waals surface area (Å²) in [4.78, 5) is 55.8. The van der Waals surface area contributed by atoms with Crippen LogP contribution in [0.2, 0.25) is 0 Å². The summed E-state index contributed by atoms with van der Waals surface area (Å²) in [5, 5.41) is 5.70. The highest BCUT2D eigenvalue weighted by Gasteiger charge is 2.47. The fraction of sp³-hybridized carbons (Fsp3) is 0.417. The van der Waals surface area contributed by atoms with Crippen molar-refractivity contribution in [3.05, 3.63) is 48.3 Å². The van der Waals surface area contributed by atoms with Crippen LogP contribution >= 0.6 is 11.8 Å². The molecule has 0 aliphatic carbocycles. The van der Waals surface area contributed by atoms with Gasteiger partial charge >= 0.3 is 6.03 Å². The molecule has 3 unspecified atom stereocenters. The second-order valence-electron chi connectivity index (χ2n) is 8.77. The fourth-order valence-corrected chi connectivity index (χ4v) is 5.30. The number of hydrogen-bond donors (Lipinski definition) is 3. The molecule has 35 heavy (non-hydrogen) atoms. The van der Waals surface area contributed by atoms with Gasteiger partial charge in [-0.25, -0.2) is 4.79 Å². The van der Waals surface area contributed by atoms with Gasteiger partial charge in [0.2, 0.25) is 11.8 Å². The zero-order chi connectivity index (χ0) is 25.1. The minimum Gasteiger partial charge on any atom is -0.368 e. The minimum absolute atomic E-state index is 0.294. The molecule has 11 heteroatoms. The number of nitrogens with zero attached hydrogens (tertiary/aromatic N) is 3. The SMILES string of the molecule is CSc1cccc(NC(=O)NC2CCN(C(=O)c3cccn3C)C2C(=O)N2CCCC2C(N)=O)c1. The molecule has 1 aromatic heterocycles. The largest absolute Gasteiger partial charge is 0.368 e. The standard InChI is InChI=1S/C24H30N6O4S/c1-28-11-4-9-19(28)22(32)30-13-10-17(20(30)23(33)29-12-5-8-18(29)21(25)31)27-24(34)26-15-6-3-7-16(14-15)35-2/h3-4,6-7,9,11,14,17-18,20H,5,8,10,12-13H2,1-2H3,(H2,25,31)(H2,26,27,34). The number of amides is 5. The van der Waals surface area contributed by atoms with E-state index in [1.54, 1.807) is 47.8 Å². The normalized spacial score (nSPS) is 21.7. The molecule has 2 saturated heterocycles. The first-order valence-corrected chi connectivity index (χ1v) is 12.8. The number of rotatable bonds is 6. The average Bonchev–Trinajstić information content (AvgIpc) is 3.58. The van der Waals surface area contributed by atoms with Crippen molar-refractivity contribution in [2.24, 2.45) is 12.8 Å². The molecule has 0 radical (unpaired) electrons. The number of nitrogens with two attached hydrogens (primary N) is 1. The number of primary amides is 1. The third kappa shape index (κ3) is 5.14. The third-order valence-corrected chi connectivity index (χ3v) is 7.31. The van der Waals surface area contributed by atoms with Gasteiger partial charge in [-0.1, -0.05) is 6.07 Å². The van der Waals surface area contributed by atoms with E-state index in [0.717, 1.165) is 4.90 Å². The van der Waals surface area contributed by atoms with Crippen molar-refractivity contribution in [2.75, 3.05) is 24.7 Å². The van der Waals surface area contributed by atoms with E-state index in [1.165, 1.54) is 9.80 Å². The molecule has 186 valence electrons. The Hall–Kier alpha value is -3.47. The second-order valence-corrected chi connectivity index (χ2v) is 9.64. The van der Waals surface area contributed by atoms with E-state index in [-0.39, 0.29) is 11.8 Å². The summed E-state index contributed by atoms with van der Waals surface area (Å²) in [7, 11) is 1.76. The zero-order valence-electron chi connectivity index (χ0n) is 19.8. The van der Waals surface area contributed by atoms with Gasteiger partial charge in [0, 0.05) is 36.9 Å². The first kappa shape index (κ1) is 24.6. The number of aryl methyl sites for hydroxylation is 1. The topological polar surface area (TPSA) is 130 Å². The van der Waals surface area contributed by atoms with Crippen LogP contribution in [0.15, 0.2) is 47.5 Å². The maximum absolute atomic E-state index is 13.7. The highest BCUT2D eigenvalue weighted by Crippen LogP contribution is 2.27. The van der Waals surface area contributed by atoms with E-state index in [1.807, 2.05) is 24.5 Å². The molecule has 2 aromatic rings. The van der Waals surface area contributed by atoms with Crippen molar-refractivity contribution in [2.45, 2.75) is 42.3 Å². The number of anilines is 1. The van der Waals surface area contributed by atoms with Crippen LogP contribution < -0.4 is 16.4 Å². The molecule has 2 aliphatic rings. The molecule has 4 rings (SSSR count). The molecule has 10 nitrogen and oxygen atoms in total. The van der Waals surface area contributed by atoms with Crippen LogP contribution in [-0.4, -0.2) is 75.6 Å². The van der Waals surface area contributed by atoms with E-state index in [0.29, 0.717) is 43.7 Å². The van der Waals surface area contributed by atoms with Gasteiger partial charge in [-0.2, -0.15) is 0 Å². The van der Waals surface area contributed by atoms with Gasteiger partial charge in [0.1, 0.15) is 17.8 Å². The van der Waals surface area contributed by atoms with E-state index >= 15 is 0 Å². The van der Waals surface area contributed by atoms with Crippen molar-refractivity contribution in [1.29, 1.82) is 0 Å². The first-order chi connectivity index (χ1) is 16.8. The molecule has 1 aromatic carbocycles. The van der Waals surface area contributed by atoms with Crippen LogP contribution in [0.25, 0.3) is 0 Å². The Morgan fingerprint density at radius 3 is 2.54 bits per heavy atom. The molecule has 0 saturated carbocycles. The molecule has 2 aliphatic heterocycles. The van der Waals surface area contributed by atoms with E-state index in [2.05, 4.69) is 10.6 Å². The summed E-state index contributed by atoms with van der Waals surface area (Å²) < 4.78 is 1.69. The van der Waals surface area contributed by atoms with Gasteiger partial charge < -0.3 is 30.7 Å². The zero-order valence-corrected chi connectivity index (χ0v) is 20.6. The van der Waals surface area contributed by atoms with Gasteiger partial charge in [0.15, 0.2) is 0 Å². The van der Waals surface area contributed by atoms with Crippen LogP contribution in [0, 0.1) is 0 Å². The second kappa shape index (κ2) is 10.4. The van der Waals surface area contributed by atoms with Gasteiger partial charge in [-0.15, -0.1) is 11.8 Å². The maximum Gasteiger partial charge on any atom is 0.319 e. The van der Waals surface area contributed by atoms with Gasteiger partial charge in [0.05, 0.1) is 6.04 Å². The van der Waals surface area contributed by atoms with Gasteiger partial charge in [0.25, 0.3) is 5.91 Å². The van der Waals surface area contributed by atoms with Gasteiger partial charge in [-0.3, -0.25) is 14.4 Å². The summed E-state index contributed by atoms with van der Waals surface area (Å²) in [5.41, 5.74) is 6.61. The van der Waals surface area contributed by atoms with Crippen LogP contribution in [0.3, 0.4) is 0 Å². The number of aromatic nitrogens is 1.